The average Bonchev–Trinajstić information content (AvgIpc) is 3.53. The molecule has 1 aliphatic heterocycles. The van der Waals surface area contributed by atoms with Crippen LogP contribution in [0.25, 0.3) is 5.69 Å². The minimum absolute atomic E-state index is 0.129. The van der Waals surface area contributed by atoms with Gasteiger partial charge in [-0.3, -0.25) is 4.90 Å². The number of aryl methyl sites for hydroxylation is 1. The van der Waals surface area contributed by atoms with Crippen molar-refractivity contribution in [2.45, 2.75) is 38.5 Å². The van der Waals surface area contributed by atoms with Crippen molar-refractivity contribution in [1.82, 2.24) is 14.7 Å². The van der Waals surface area contributed by atoms with E-state index in [1.165, 1.54) is 0 Å². The Hall–Kier alpha value is -3.17. The topological polar surface area (TPSA) is 78.2 Å². The Morgan fingerprint density at radius 1 is 1.19 bits per heavy atom. The first-order valence-corrected chi connectivity index (χ1v) is 12.7. The van der Waals surface area contributed by atoms with E-state index in [2.05, 4.69) is 11.5 Å². The molecule has 1 fully saturated rings. The first-order chi connectivity index (χ1) is 18.1. The fourth-order valence-corrected chi connectivity index (χ4v) is 4.52. The molecule has 2 aromatic carbocycles. The largest absolute Gasteiger partial charge is 0.493 e. The number of hydrogen-bond acceptors (Lipinski definition) is 7. The minimum atomic E-state index is -0.649. The third kappa shape index (κ3) is 7.20. The highest BCUT2D eigenvalue weighted by atomic mass is 16.5. The SMILES string of the molecule is C=CCOC[C@@H](O)CN(Cc1c(C)nn(-c2ccccc2)c1Oc1ccccc1OC)C[C@@H]1CCCO1. The van der Waals surface area contributed by atoms with Gasteiger partial charge >= 0.3 is 0 Å². The fourth-order valence-electron chi connectivity index (χ4n) is 4.52. The summed E-state index contributed by atoms with van der Waals surface area (Å²) in [5.41, 5.74) is 2.68. The van der Waals surface area contributed by atoms with Gasteiger partial charge in [-0.25, -0.2) is 4.68 Å². The molecule has 198 valence electrons. The number of aliphatic hydroxyl groups is 1. The molecule has 0 unspecified atom stereocenters. The standard InChI is InChI=1S/C29H37N3O5/c1-4-16-35-21-24(33)18-31(19-25-13-10-17-36-25)20-26-22(2)30-32(23-11-6-5-7-12-23)29(26)37-28-15-9-8-14-27(28)34-3/h4-9,11-12,14-15,24-25,33H,1,10,13,16-21H2,2-3H3/t24-,25-/m0/s1. The second kappa shape index (κ2) is 13.4. The third-order valence-corrected chi connectivity index (χ3v) is 6.30. The molecule has 0 saturated carbocycles. The van der Waals surface area contributed by atoms with Crippen molar-refractivity contribution in [3.05, 3.63) is 78.5 Å². The van der Waals surface area contributed by atoms with E-state index in [9.17, 15) is 5.11 Å². The molecule has 37 heavy (non-hydrogen) atoms. The normalized spacial score (nSPS) is 16.2. The van der Waals surface area contributed by atoms with Crippen LogP contribution < -0.4 is 9.47 Å². The van der Waals surface area contributed by atoms with Gasteiger partial charge in [0.15, 0.2) is 11.5 Å². The molecule has 0 aliphatic carbocycles. The Kier molecular flexibility index (Phi) is 9.73. The molecule has 0 spiro atoms. The maximum absolute atomic E-state index is 10.7. The van der Waals surface area contributed by atoms with Gasteiger partial charge in [-0.1, -0.05) is 36.4 Å². The van der Waals surface area contributed by atoms with E-state index in [-0.39, 0.29) is 12.7 Å². The summed E-state index contributed by atoms with van der Waals surface area (Å²) in [5, 5.41) is 15.6. The maximum Gasteiger partial charge on any atom is 0.227 e. The molecule has 1 N–H and O–H groups in total. The van der Waals surface area contributed by atoms with Gasteiger partial charge in [0.2, 0.25) is 5.88 Å². The van der Waals surface area contributed by atoms with Gasteiger partial charge in [0.1, 0.15) is 0 Å². The van der Waals surface area contributed by atoms with Crippen molar-refractivity contribution in [1.29, 1.82) is 0 Å². The maximum atomic E-state index is 10.7. The molecule has 0 amide bonds. The summed E-state index contributed by atoms with van der Waals surface area (Å²) in [6, 6.07) is 17.5. The van der Waals surface area contributed by atoms with E-state index in [0.29, 0.717) is 43.6 Å². The Balaban J connectivity index is 1.66. The van der Waals surface area contributed by atoms with Gasteiger partial charge in [0.25, 0.3) is 0 Å². The molecule has 8 nitrogen and oxygen atoms in total. The fraction of sp³-hybridized carbons (Fsp3) is 0.414. The van der Waals surface area contributed by atoms with Crippen molar-refractivity contribution in [2.24, 2.45) is 0 Å². The molecule has 2 atom stereocenters. The van der Waals surface area contributed by atoms with Crippen LogP contribution in [0.3, 0.4) is 0 Å². The monoisotopic (exact) mass is 507 g/mol. The third-order valence-electron chi connectivity index (χ3n) is 6.30. The lowest BCUT2D eigenvalue weighted by Gasteiger charge is -2.27. The molecule has 4 rings (SSSR count). The summed E-state index contributed by atoms with van der Waals surface area (Å²) >= 11 is 0. The lowest BCUT2D eigenvalue weighted by Crippen LogP contribution is -2.39. The molecular formula is C29H37N3O5. The zero-order valence-electron chi connectivity index (χ0n) is 21.7. The molecule has 1 aliphatic rings. The van der Waals surface area contributed by atoms with Crippen LogP contribution in [0.2, 0.25) is 0 Å². The van der Waals surface area contributed by atoms with E-state index in [1.54, 1.807) is 13.2 Å². The van der Waals surface area contributed by atoms with Crippen LogP contribution in [0.5, 0.6) is 17.4 Å². The van der Waals surface area contributed by atoms with E-state index < -0.39 is 6.10 Å². The van der Waals surface area contributed by atoms with Gasteiger partial charge in [-0.2, -0.15) is 5.10 Å². The smallest absolute Gasteiger partial charge is 0.227 e. The number of aromatic nitrogens is 2. The number of methoxy groups -OCH3 is 1. The van der Waals surface area contributed by atoms with Gasteiger partial charge in [0, 0.05) is 26.2 Å². The summed E-state index contributed by atoms with van der Waals surface area (Å²) in [5.74, 6) is 1.85. The first kappa shape index (κ1) is 26.9. The van der Waals surface area contributed by atoms with Crippen LogP contribution in [-0.4, -0.2) is 72.0 Å². The second-order valence-corrected chi connectivity index (χ2v) is 9.18. The van der Waals surface area contributed by atoms with Gasteiger partial charge in [0.05, 0.1) is 49.5 Å². The van der Waals surface area contributed by atoms with Crippen LogP contribution in [-0.2, 0) is 16.0 Å². The van der Waals surface area contributed by atoms with Crippen LogP contribution in [0.4, 0.5) is 0 Å². The molecule has 2 heterocycles. The molecular weight excluding hydrogens is 470 g/mol. The predicted molar refractivity (Wildman–Crippen MR) is 143 cm³/mol. The van der Waals surface area contributed by atoms with Crippen LogP contribution >= 0.6 is 0 Å². The van der Waals surface area contributed by atoms with Crippen molar-refractivity contribution >= 4 is 0 Å². The van der Waals surface area contributed by atoms with Gasteiger partial charge in [-0.15, -0.1) is 6.58 Å². The van der Waals surface area contributed by atoms with Crippen LogP contribution in [0.1, 0.15) is 24.1 Å². The summed E-state index contributed by atoms with van der Waals surface area (Å²) < 4.78 is 25.3. The van der Waals surface area contributed by atoms with Crippen molar-refractivity contribution < 1.29 is 24.1 Å². The Morgan fingerprint density at radius 3 is 2.65 bits per heavy atom. The molecule has 1 aromatic heterocycles. The summed E-state index contributed by atoms with van der Waals surface area (Å²) in [4.78, 5) is 2.20. The minimum Gasteiger partial charge on any atom is -0.493 e. The van der Waals surface area contributed by atoms with Crippen molar-refractivity contribution in [3.8, 4) is 23.1 Å². The highest BCUT2D eigenvalue weighted by Crippen LogP contribution is 2.36. The van der Waals surface area contributed by atoms with Gasteiger partial charge < -0.3 is 24.1 Å². The zero-order chi connectivity index (χ0) is 26.0. The Labute approximate surface area is 219 Å². The highest BCUT2D eigenvalue weighted by Gasteiger charge is 2.26. The number of ether oxygens (including phenoxy) is 4. The average molecular weight is 508 g/mol. The lowest BCUT2D eigenvalue weighted by molar-refractivity contribution is 0.00836. The number of nitrogens with zero attached hydrogens (tertiary/aromatic N) is 3. The number of rotatable bonds is 14. The van der Waals surface area contributed by atoms with Crippen molar-refractivity contribution in [3.63, 3.8) is 0 Å². The molecule has 0 bridgehead atoms. The number of benzene rings is 2. The van der Waals surface area contributed by atoms with E-state index in [1.807, 2.05) is 66.2 Å². The summed E-state index contributed by atoms with van der Waals surface area (Å²) in [6.45, 7) is 8.73. The van der Waals surface area contributed by atoms with E-state index >= 15 is 0 Å². The lowest BCUT2D eigenvalue weighted by atomic mass is 10.1. The Morgan fingerprint density at radius 2 is 1.95 bits per heavy atom. The highest BCUT2D eigenvalue weighted by molar-refractivity contribution is 5.47. The van der Waals surface area contributed by atoms with E-state index in [0.717, 1.165) is 36.4 Å². The number of aliphatic hydroxyl groups excluding tert-OH is 1. The van der Waals surface area contributed by atoms with Gasteiger partial charge in [-0.05, 0) is 44.0 Å². The molecule has 1 saturated heterocycles. The molecule has 8 heteroatoms. The quantitative estimate of drug-likeness (QED) is 0.254. The van der Waals surface area contributed by atoms with Crippen LogP contribution in [0.15, 0.2) is 67.3 Å². The predicted octanol–water partition coefficient (Wildman–Crippen LogP) is 4.53. The summed E-state index contributed by atoms with van der Waals surface area (Å²) in [7, 11) is 1.63. The molecule has 3 aromatic rings. The second-order valence-electron chi connectivity index (χ2n) is 9.18. The Bertz CT molecular complexity index is 1130. The van der Waals surface area contributed by atoms with Crippen LogP contribution in [0, 0.1) is 6.92 Å². The summed E-state index contributed by atoms with van der Waals surface area (Å²) in [6.07, 6.45) is 3.22. The van der Waals surface area contributed by atoms with Crippen molar-refractivity contribution in [2.75, 3.05) is 40.0 Å². The van der Waals surface area contributed by atoms with E-state index in [4.69, 9.17) is 24.0 Å². The molecule has 0 radical (unpaired) electrons. The number of para-hydroxylation sites is 3. The number of hydrogen-bond donors (Lipinski definition) is 1. The first-order valence-electron chi connectivity index (χ1n) is 12.7. The zero-order valence-corrected chi connectivity index (χ0v) is 21.7.